The van der Waals surface area contributed by atoms with Crippen molar-refractivity contribution in [3.05, 3.63) is 11.4 Å². The van der Waals surface area contributed by atoms with Crippen LogP contribution in [0.25, 0.3) is 0 Å². The molecule has 2 amide bonds. The van der Waals surface area contributed by atoms with Gasteiger partial charge >= 0.3 is 6.03 Å². The van der Waals surface area contributed by atoms with Gasteiger partial charge in [0.2, 0.25) is 0 Å². The topological polar surface area (TPSA) is 71.4 Å². The van der Waals surface area contributed by atoms with E-state index in [-0.39, 0.29) is 18.1 Å². The lowest BCUT2D eigenvalue weighted by atomic mass is 10.2. The Labute approximate surface area is 138 Å². The lowest BCUT2D eigenvalue weighted by Gasteiger charge is -2.16. The Balaban J connectivity index is 1.89. The molecule has 1 saturated heterocycles. The SMILES string of the molecule is COCCN1CC[C@H](NC(=O)Nc2c(C)nn(C(C)C)c2C)C1. The van der Waals surface area contributed by atoms with Crippen LogP contribution in [0.5, 0.6) is 0 Å². The molecule has 2 rings (SSSR count). The molecule has 7 heteroatoms. The van der Waals surface area contributed by atoms with Gasteiger partial charge in [-0.3, -0.25) is 9.58 Å². The molecule has 1 aromatic rings. The lowest BCUT2D eigenvalue weighted by molar-refractivity contribution is 0.160. The highest BCUT2D eigenvalue weighted by Crippen LogP contribution is 2.22. The number of carbonyl (C=O) groups is 1. The predicted octanol–water partition coefficient (Wildman–Crippen LogP) is 1.92. The number of urea groups is 1. The Morgan fingerprint density at radius 2 is 2.17 bits per heavy atom. The molecule has 0 aliphatic carbocycles. The van der Waals surface area contributed by atoms with Crippen molar-refractivity contribution in [2.24, 2.45) is 0 Å². The summed E-state index contributed by atoms with van der Waals surface area (Å²) in [6.45, 7) is 11.6. The van der Waals surface area contributed by atoms with Gasteiger partial charge in [0.15, 0.2) is 0 Å². The highest BCUT2D eigenvalue weighted by molar-refractivity contribution is 5.90. The molecule has 1 aliphatic heterocycles. The summed E-state index contributed by atoms with van der Waals surface area (Å²) in [6, 6.07) is 0.308. The van der Waals surface area contributed by atoms with E-state index in [1.807, 2.05) is 18.5 Å². The maximum atomic E-state index is 12.3. The molecule has 7 nitrogen and oxygen atoms in total. The van der Waals surface area contributed by atoms with Crippen molar-refractivity contribution >= 4 is 11.7 Å². The molecule has 0 unspecified atom stereocenters. The Morgan fingerprint density at radius 3 is 2.78 bits per heavy atom. The molecule has 2 heterocycles. The van der Waals surface area contributed by atoms with Gasteiger partial charge in [-0.25, -0.2) is 4.79 Å². The van der Waals surface area contributed by atoms with Gasteiger partial charge in [0.1, 0.15) is 0 Å². The summed E-state index contributed by atoms with van der Waals surface area (Å²) < 4.78 is 7.03. The van der Waals surface area contributed by atoms with Crippen LogP contribution in [0.1, 0.15) is 37.7 Å². The van der Waals surface area contributed by atoms with E-state index in [4.69, 9.17) is 4.74 Å². The largest absolute Gasteiger partial charge is 0.383 e. The van der Waals surface area contributed by atoms with Crippen LogP contribution in [-0.4, -0.2) is 60.1 Å². The summed E-state index contributed by atoms with van der Waals surface area (Å²) in [5, 5.41) is 10.5. The first-order valence-electron chi connectivity index (χ1n) is 8.27. The van der Waals surface area contributed by atoms with E-state index < -0.39 is 0 Å². The first-order chi connectivity index (χ1) is 10.9. The monoisotopic (exact) mass is 323 g/mol. The van der Waals surface area contributed by atoms with Crippen molar-refractivity contribution in [2.45, 2.75) is 46.2 Å². The summed E-state index contributed by atoms with van der Waals surface area (Å²) >= 11 is 0. The van der Waals surface area contributed by atoms with Gasteiger partial charge in [-0.2, -0.15) is 5.10 Å². The van der Waals surface area contributed by atoms with Gasteiger partial charge in [0.05, 0.1) is 23.7 Å². The molecule has 0 aromatic carbocycles. The second-order valence-corrected chi connectivity index (χ2v) is 6.46. The van der Waals surface area contributed by atoms with Crippen LogP contribution < -0.4 is 10.6 Å². The maximum absolute atomic E-state index is 12.3. The summed E-state index contributed by atoms with van der Waals surface area (Å²) in [7, 11) is 1.71. The van der Waals surface area contributed by atoms with Crippen LogP contribution in [0.2, 0.25) is 0 Å². The number of hydrogen-bond donors (Lipinski definition) is 2. The number of carbonyl (C=O) groups excluding carboxylic acids is 1. The van der Waals surface area contributed by atoms with Gasteiger partial charge in [-0.1, -0.05) is 0 Å². The Hall–Kier alpha value is -1.60. The lowest BCUT2D eigenvalue weighted by Crippen LogP contribution is -2.40. The predicted molar refractivity (Wildman–Crippen MR) is 91.0 cm³/mol. The minimum absolute atomic E-state index is 0.155. The normalized spacial score (nSPS) is 18.6. The summed E-state index contributed by atoms with van der Waals surface area (Å²) in [5.74, 6) is 0. The molecular formula is C16H29N5O2. The molecule has 0 bridgehead atoms. The average Bonchev–Trinajstić information content (AvgIpc) is 3.04. The average molecular weight is 323 g/mol. The van der Waals surface area contributed by atoms with E-state index in [0.29, 0.717) is 0 Å². The van der Waals surface area contributed by atoms with Crippen LogP contribution in [0, 0.1) is 13.8 Å². The van der Waals surface area contributed by atoms with Crippen LogP contribution in [-0.2, 0) is 4.74 Å². The van der Waals surface area contributed by atoms with Crippen molar-refractivity contribution in [1.29, 1.82) is 0 Å². The first kappa shape index (κ1) is 17.7. The maximum Gasteiger partial charge on any atom is 0.319 e. The Bertz CT molecular complexity index is 541. The number of anilines is 1. The number of hydrogen-bond acceptors (Lipinski definition) is 4. The van der Waals surface area contributed by atoms with Gasteiger partial charge in [-0.05, 0) is 34.1 Å². The van der Waals surface area contributed by atoms with Gasteiger partial charge < -0.3 is 15.4 Å². The minimum atomic E-state index is -0.155. The number of rotatable bonds is 6. The number of ether oxygens (including phenoxy) is 1. The fourth-order valence-corrected chi connectivity index (χ4v) is 3.06. The third kappa shape index (κ3) is 4.45. The van der Waals surface area contributed by atoms with Crippen molar-refractivity contribution in [1.82, 2.24) is 20.0 Å². The quantitative estimate of drug-likeness (QED) is 0.839. The van der Waals surface area contributed by atoms with E-state index >= 15 is 0 Å². The second-order valence-electron chi connectivity index (χ2n) is 6.46. The zero-order valence-electron chi connectivity index (χ0n) is 14.8. The van der Waals surface area contributed by atoms with E-state index in [9.17, 15) is 4.79 Å². The Morgan fingerprint density at radius 1 is 1.43 bits per heavy atom. The molecule has 0 spiro atoms. The van der Waals surface area contributed by atoms with Crippen LogP contribution in [0.4, 0.5) is 10.5 Å². The minimum Gasteiger partial charge on any atom is -0.383 e. The van der Waals surface area contributed by atoms with Crippen LogP contribution >= 0.6 is 0 Å². The molecule has 1 aliphatic rings. The molecule has 23 heavy (non-hydrogen) atoms. The second kappa shape index (κ2) is 7.79. The highest BCUT2D eigenvalue weighted by atomic mass is 16.5. The summed E-state index contributed by atoms with van der Waals surface area (Å²) in [4.78, 5) is 14.6. The van der Waals surface area contributed by atoms with E-state index in [1.54, 1.807) is 7.11 Å². The van der Waals surface area contributed by atoms with Crippen LogP contribution in [0.15, 0.2) is 0 Å². The Kier molecular flexibility index (Phi) is 6.01. The van der Waals surface area contributed by atoms with Crippen molar-refractivity contribution in [3.63, 3.8) is 0 Å². The highest BCUT2D eigenvalue weighted by Gasteiger charge is 2.24. The van der Waals surface area contributed by atoms with Crippen molar-refractivity contribution in [2.75, 3.05) is 38.7 Å². The van der Waals surface area contributed by atoms with Gasteiger partial charge in [-0.15, -0.1) is 0 Å². The standard InChI is InChI=1S/C16H29N5O2/c1-11(2)21-13(4)15(12(3)19-21)18-16(22)17-14-6-7-20(10-14)8-9-23-5/h11,14H,6-10H2,1-5H3,(H2,17,18,22)/t14-/m0/s1. The number of likely N-dealkylation sites (tertiary alicyclic amines) is 1. The molecule has 0 radical (unpaired) electrons. The first-order valence-corrected chi connectivity index (χ1v) is 8.27. The van der Waals surface area contributed by atoms with Gasteiger partial charge in [0, 0.05) is 38.8 Å². The number of methoxy groups -OCH3 is 1. The molecular weight excluding hydrogens is 294 g/mol. The summed E-state index contributed by atoms with van der Waals surface area (Å²) in [6.07, 6.45) is 0.973. The molecule has 0 saturated carbocycles. The number of aromatic nitrogens is 2. The van der Waals surface area contributed by atoms with Crippen molar-refractivity contribution in [3.8, 4) is 0 Å². The zero-order chi connectivity index (χ0) is 17.0. The molecule has 1 fully saturated rings. The van der Waals surface area contributed by atoms with E-state index in [0.717, 1.165) is 49.7 Å². The molecule has 130 valence electrons. The van der Waals surface area contributed by atoms with Crippen molar-refractivity contribution < 1.29 is 9.53 Å². The number of aryl methyl sites for hydroxylation is 1. The molecule has 2 N–H and O–H groups in total. The third-order valence-corrected chi connectivity index (χ3v) is 4.27. The fourth-order valence-electron chi connectivity index (χ4n) is 3.06. The third-order valence-electron chi connectivity index (χ3n) is 4.27. The van der Waals surface area contributed by atoms with E-state index in [2.05, 4.69) is 34.5 Å². The zero-order valence-corrected chi connectivity index (χ0v) is 14.8. The van der Waals surface area contributed by atoms with Crippen LogP contribution in [0.3, 0.4) is 0 Å². The summed E-state index contributed by atoms with van der Waals surface area (Å²) in [5.41, 5.74) is 2.64. The smallest absolute Gasteiger partial charge is 0.319 e. The van der Waals surface area contributed by atoms with E-state index in [1.165, 1.54) is 0 Å². The molecule has 1 aromatic heterocycles. The van der Waals surface area contributed by atoms with Gasteiger partial charge in [0.25, 0.3) is 0 Å². The number of amides is 2. The fraction of sp³-hybridized carbons (Fsp3) is 0.750. The molecule has 1 atom stereocenters. The number of nitrogens with one attached hydrogen (secondary N) is 2. The number of nitrogens with zero attached hydrogens (tertiary/aromatic N) is 3.